The third kappa shape index (κ3) is 5.62. The molecule has 0 saturated carbocycles. The van der Waals surface area contributed by atoms with E-state index in [-0.39, 0.29) is 12.1 Å². The molecular weight excluding hydrogens is 238 g/mol. The zero-order valence-electron chi connectivity index (χ0n) is 12.5. The van der Waals surface area contributed by atoms with E-state index in [0.717, 1.165) is 24.2 Å². The lowest BCUT2D eigenvalue weighted by Crippen LogP contribution is -2.26. The van der Waals surface area contributed by atoms with Crippen LogP contribution in [0, 0.1) is 5.92 Å². The molecule has 19 heavy (non-hydrogen) atoms. The first-order valence-electron chi connectivity index (χ1n) is 7.10. The van der Waals surface area contributed by atoms with Crippen LogP contribution in [-0.4, -0.2) is 17.3 Å². The van der Waals surface area contributed by atoms with Gasteiger partial charge in [-0.25, -0.2) is 0 Å². The lowest BCUT2D eigenvalue weighted by Gasteiger charge is -2.20. The first-order chi connectivity index (χ1) is 8.90. The second-order valence-corrected chi connectivity index (χ2v) is 5.80. The number of hydrogen-bond acceptors (Lipinski definition) is 3. The summed E-state index contributed by atoms with van der Waals surface area (Å²) in [6, 6.07) is 7.35. The van der Waals surface area contributed by atoms with Gasteiger partial charge in [0.2, 0.25) is 0 Å². The molecule has 1 aromatic carbocycles. The Morgan fingerprint density at radius 3 is 2.11 bits per heavy atom. The molecule has 0 aliphatic rings. The van der Waals surface area contributed by atoms with Crippen molar-refractivity contribution in [1.82, 2.24) is 0 Å². The van der Waals surface area contributed by atoms with Crippen molar-refractivity contribution in [2.24, 2.45) is 11.7 Å². The molecule has 0 heterocycles. The highest BCUT2D eigenvalue weighted by Crippen LogP contribution is 2.22. The van der Waals surface area contributed by atoms with Crippen molar-refractivity contribution >= 4 is 0 Å². The summed E-state index contributed by atoms with van der Waals surface area (Å²) in [4.78, 5) is 0. The maximum atomic E-state index is 10.1. The molecule has 1 aromatic rings. The Balaban J connectivity index is 2.59. The summed E-state index contributed by atoms with van der Waals surface area (Å²) in [6.45, 7) is 8.29. The topological polar surface area (TPSA) is 55.5 Å². The monoisotopic (exact) mass is 265 g/mol. The van der Waals surface area contributed by atoms with E-state index in [9.17, 15) is 5.11 Å². The number of hydrogen-bond donors (Lipinski definition) is 2. The minimum Gasteiger partial charge on any atom is -0.491 e. The minimum atomic E-state index is -0.487. The molecule has 0 aromatic heterocycles. The van der Waals surface area contributed by atoms with Gasteiger partial charge >= 0.3 is 0 Å². The molecule has 0 amide bonds. The average Bonchev–Trinajstić information content (AvgIpc) is 2.35. The highest BCUT2D eigenvalue weighted by molar-refractivity contribution is 5.29. The molecule has 0 saturated heterocycles. The van der Waals surface area contributed by atoms with Gasteiger partial charge in [-0.1, -0.05) is 26.0 Å². The molecule has 0 bridgehead atoms. The maximum Gasteiger partial charge on any atom is 0.119 e. The summed E-state index contributed by atoms with van der Waals surface area (Å²) >= 11 is 0. The van der Waals surface area contributed by atoms with E-state index in [4.69, 9.17) is 10.5 Å². The van der Waals surface area contributed by atoms with Crippen LogP contribution in [0.3, 0.4) is 0 Å². The number of nitrogens with two attached hydrogens (primary N) is 1. The van der Waals surface area contributed by atoms with E-state index in [1.807, 2.05) is 38.1 Å². The number of benzene rings is 1. The van der Waals surface area contributed by atoms with Crippen molar-refractivity contribution in [3.8, 4) is 5.75 Å². The van der Waals surface area contributed by atoms with Gasteiger partial charge in [-0.2, -0.15) is 0 Å². The fourth-order valence-corrected chi connectivity index (χ4v) is 1.95. The second kappa shape index (κ2) is 7.51. The molecule has 3 nitrogen and oxygen atoms in total. The zero-order valence-corrected chi connectivity index (χ0v) is 12.5. The van der Waals surface area contributed by atoms with E-state index in [0.29, 0.717) is 5.92 Å². The standard InChI is InChI=1S/C16H27NO2/c1-11(2)5-10-15(18)16(17)13-6-8-14(9-7-13)19-12(3)4/h6-9,11-12,15-16,18H,5,10,17H2,1-4H3/t15-,16+/m1/s1. The van der Waals surface area contributed by atoms with Gasteiger partial charge < -0.3 is 15.6 Å². The van der Waals surface area contributed by atoms with Crippen LogP contribution in [0.2, 0.25) is 0 Å². The SMILES string of the molecule is CC(C)CC[C@@H](O)[C@@H](N)c1ccc(OC(C)C)cc1. The average molecular weight is 265 g/mol. The Morgan fingerprint density at radius 1 is 1.05 bits per heavy atom. The summed E-state index contributed by atoms with van der Waals surface area (Å²) in [5, 5.41) is 10.1. The molecule has 1 rings (SSSR count). The Labute approximate surface area is 116 Å². The van der Waals surface area contributed by atoms with Crippen molar-refractivity contribution in [3.05, 3.63) is 29.8 Å². The van der Waals surface area contributed by atoms with Crippen LogP contribution in [0.25, 0.3) is 0 Å². The third-order valence-electron chi connectivity index (χ3n) is 3.09. The largest absolute Gasteiger partial charge is 0.491 e. The Kier molecular flexibility index (Phi) is 6.32. The predicted octanol–water partition coefficient (Wildman–Crippen LogP) is 3.27. The molecule has 0 aliphatic carbocycles. The molecular formula is C16H27NO2. The van der Waals surface area contributed by atoms with Gasteiger partial charge in [-0.15, -0.1) is 0 Å². The quantitative estimate of drug-likeness (QED) is 0.795. The number of aliphatic hydroxyl groups is 1. The predicted molar refractivity (Wildman–Crippen MR) is 79.2 cm³/mol. The van der Waals surface area contributed by atoms with Crippen LogP contribution in [0.15, 0.2) is 24.3 Å². The first-order valence-corrected chi connectivity index (χ1v) is 7.10. The van der Waals surface area contributed by atoms with Gasteiger partial charge in [0.15, 0.2) is 0 Å². The molecule has 108 valence electrons. The summed E-state index contributed by atoms with van der Waals surface area (Å²) in [7, 11) is 0. The van der Waals surface area contributed by atoms with Crippen molar-refractivity contribution in [2.75, 3.05) is 0 Å². The summed E-state index contributed by atoms with van der Waals surface area (Å²) in [5.41, 5.74) is 7.04. The molecule has 0 unspecified atom stereocenters. The van der Waals surface area contributed by atoms with Crippen molar-refractivity contribution < 1.29 is 9.84 Å². The summed E-state index contributed by atoms with van der Waals surface area (Å²) < 4.78 is 5.59. The highest BCUT2D eigenvalue weighted by atomic mass is 16.5. The minimum absolute atomic E-state index is 0.163. The van der Waals surface area contributed by atoms with Crippen molar-refractivity contribution in [3.63, 3.8) is 0 Å². The summed E-state index contributed by atoms with van der Waals surface area (Å²) in [6.07, 6.45) is 1.40. The van der Waals surface area contributed by atoms with Crippen molar-refractivity contribution in [1.29, 1.82) is 0 Å². The van der Waals surface area contributed by atoms with Crippen LogP contribution in [0.1, 0.15) is 52.1 Å². The Morgan fingerprint density at radius 2 is 1.63 bits per heavy atom. The lowest BCUT2D eigenvalue weighted by molar-refractivity contribution is 0.128. The van der Waals surface area contributed by atoms with Gasteiger partial charge in [0, 0.05) is 0 Å². The van der Waals surface area contributed by atoms with Crippen LogP contribution >= 0.6 is 0 Å². The highest BCUT2D eigenvalue weighted by Gasteiger charge is 2.17. The van der Waals surface area contributed by atoms with Crippen LogP contribution in [0.5, 0.6) is 5.75 Å². The van der Waals surface area contributed by atoms with Gasteiger partial charge in [-0.05, 0) is 50.3 Å². The molecule has 0 spiro atoms. The van der Waals surface area contributed by atoms with Crippen LogP contribution in [-0.2, 0) is 0 Å². The third-order valence-corrected chi connectivity index (χ3v) is 3.09. The molecule has 0 radical (unpaired) electrons. The van der Waals surface area contributed by atoms with E-state index in [1.165, 1.54) is 0 Å². The summed E-state index contributed by atoms with van der Waals surface area (Å²) in [5.74, 6) is 1.42. The molecule has 2 atom stereocenters. The van der Waals surface area contributed by atoms with Gasteiger partial charge in [0.1, 0.15) is 5.75 Å². The van der Waals surface area contributed by atoms with Gasteiger partial charge in [0.25, 0.3) is 0 Å². The van der Waals surface area contributed by atoms with Crippen LogP contribution < -0.4 is 10.5 Å². The van der Waals surface area contributed by atoms with Gasteiger partial charge in [-0.3, -0.25) is 0 Å². The number of aliphatic hydroxyl groups excluding tert-OH is 1. The second-order valence-electron chi connectivity index (χ2n) is 5.80. The van der Waals surface area contributed by atoms with E-state index < -0.39 is 6.10 Å². The molecule has 0 fully saturated rings. The zero-order chi connectivity index (χ0) is 14.4. The fraction of sp³-hybridized carbons (Fsp3) is 0.625. The van der Waals surface area contributed by atoms with E-state index >= 15 is 0 Å². The maximum absolute atomic E-state index is 10.1. The lowest BCUT2D eigenvalue weighted by atomic mass is 9.96. The van der Waals surface area contributed by atoms with Crippen molar-refractivity contribution in [2.45, 2.75) is 58.8 Å². The van der Waals surface area contributed by atoms with Crippen LogP contribution in [0.4, 0.5) is 0 Å². The molecule has 0 aliphatic heterocycles. The Hall–Kier alpha value is -1.06. The fourth-order valence-electron chi connectivity index (χ4n) is 1.95. The van der Waals surface area contributed by atoms with E-state index in [2.05, 4.69) is 13.8 Å². The first kappa shape index (κ1) is 16.0. The number of ether oxygens (including phenoxy) is 1. The molecule has 3 heteroatoms. The Bertz CT molecular complexity index is 360. The van der Waals surface area contributed by atoms with E-state index in [1.54, 1.807) is 0 Å². The smallest absolute Gasteiger partial charge is 0.119 e. The van der Waals surface area contributed by atoms with Gasteiger partial charge in [0.05, 0.1) is 18.2 Å². The normalized spacial score (nSPS) is 14.7. The number of rotatable bonds is 7. The molecule has 3 N–H and O–H groups in total.